The third-order valence-electron chi connectivity index (χ3n) is 5.34. The van der Waals surface area contributed by atoms with Crippen LogP contribution in [0.15, 0.2) is 71.2 Å². The maximum atomic E-state index is 14.0. The van der Waals surface area contributed by atoms with E-state index in [0.29, 0.717) is 29.6 Å². The number of hydrogen-bond acceptors (Lipinski definition) is 5. The van der Waals surface area contributed by atoms with Gasteiger partial charge in [0.15, 0.2) is 5.13 Å². The summed E-state index contributed by atoms with van der Waals surface area (Å²) >= 11 is 1.19. The second-order valence-electron chi connectivity index (χ2n) is 7.13. The van der Waals surface area contributed by atoms with Gasteiger partial charge in [-0.25, -0.2) is 17.8 Å². The maximum Gasteiger partial charge on any atom is 0.263 e. The van der Waals surface area contributed by atoms with Crippen LogP contribution >= 0.6 is 11.3 Å². The third-order valence-corrected chi connectivity index (χ3v) is 7.51. The standard InChI is InChI=1S/C21H17FN4O3S2/c22-17-2-1-3-18-16(17)8-11-26(18)19-9-12-25(20(19)27)14-4-6-15(7-5-14)31(28,29)24-21-23-10-13-30-21/h1-8,10-11,13,19H,9,12H2,(H,23,24)/t19-/m0/s1. The molecule has 31 heavy (non-hydrogen) atoms. The molecule has 10 heteroatoms. The van der Waals surface area contributed by atoms with E-state index in [2.05, 4.69) is 9.71 Å². The molecule has 1 aliphatic rings. The Morgan fingerprint density at radius 3 is 2.68 bits per heavy atom. The van der Waals surface area contributed by atoms with Gasteiger partial charge < -0.3 is 9.47 Å². The monoisotopic (exact) mass is 456 g/mol. The van der Waals surface area contributed by atoms with Gasteiger partial charge in [-0.1, -0.05) is 6.07 Å². The Bertz CT molecular complexity index is 1370. The number of anilines is 2. The number of nitrogens with one attached hydrogen (secondary N) is 1. The highest BCUT2D eigenvalue weighted by molar-refractivity contribution is 7.93. The lowest BCUT2D eigenvalue weighted by atomic mass is 10.2. The predicted molar refractivity (Wildman–Crippen MR) is 117 cm³/mol. The van der Waals surface area contributed by atoms with Crippen LogP contribution in [0.4, 0.5) is 15.2 Å². The van der Waals surface area contributed by atoms with E-state index in [1.54, 1.807) is 51.4 Å². The highest BCUT2D eigenvalue weighted by atomic mass is 32.2. The molecule has 0 bridgehead atoms. The van der Waals surface area contributed by atoms with Crippen molar-refractivity contribution in [2.75, 3.05) is 16.2 Å². The normalized spacial score (nSPS) is 16.9. The fourth-order valence-corrected chi connectivity index (χ4v) is 5.64. The highest BCUT2D eigenvalue weighted by Crippen LogP contribution is 2.32. The van der Waals surface area contributed by atoms with E-state index < -0.39 is 16.1 Å². The molecule has 0 unspecified atom stereocenters. The summed E-state index contributed by atoms with van der Waals surface area (Å²) in [5, 5.41) is 2.45. The molecule has 0 spiro atoms. The summed E-state index contributed by atoms with van der Waals surface area (Å²) in [4.78, 5) is 18.7. The fraction of sp³-hybridized carbons (Fsp3) is 0.143. The molecule has 1 N–H and O–H groups in total. The molecule has 1 aliphatic heterocycles. The average molecular weight is 457 g/mol. The van der Waals surface area contributed by atoms with Gasteiger partial charge >= 0.3 is 0 Å². The zero-order valence-electron chi connectivity index (χ0n) is 16.1. The molecule has 1 amide bonds. The molecule has 158 valence electrons. The molecule has 1 fully saturated rings. The van der Waals surface area contributed by atoms with E-state index in [0.717, 1.165) is 0 Å². The number of sulfonamides is 1. The summed E-state index contributed by atoms with van der Waals surface area (Å²) in [6.45, 7) is 0.488. The third kappa shape index (κ3) is 3.47. The summed E-state index contributed by atoms with van der Waals surface area (Å²) in [7, 11) is -3.76. The number of thiazole rings is 1. The largest absolute Gasteiger partial charge is 0.335 e. The van der Waals surface area contributed by atoms with Crippen LogP contribution in [-0.2, 0) is 14.8 Å². The first-order valence-electron chi connectivity index (χ1n) is 9.53. The molecule has 4 aromatic rings. The SMILES string of the molecule is O=C1[C@@H](n2ccc3c(F)cccc32)CCN1c1ccc(S(=O)(=O)Nc2nccs2)cc1. The first-order chi connectivity index (χ1) is 14.9. The van der Waals surface area contributed by atoms with Gasteiger partial charge in [-0.3, -0.25) is 9.52 Å². The Morgan fingerprint density at radius 1 is 1.13 bits per heavy atom. The Kier molecular flexibility index (Phi) is 4.75. The van der Waals surface area contributed by atoms with Crippen LogP contribution < -0.4 is 9.62 Å². The van der Waals surface area contributed by atoms with Crippen LogP contribution in [-0.4, -0.2) is 30.4 Å². The van der Waals surface area contributed by atoms with E-state index >= 15 is 0 Å². The Hall–Kier alpha value is -3.24. The van der Waals surface area contributed by atoms with Gasteiger partial charge in [0.2, 0.25) is 5.91 Å². The first kappa shape index (κ1) is 19.7. The Balaban J connectivity index is 1.38. The van der Waals surface area contributed by atoms with E-state index in [-0.39, 0.29) is 21.8 Å². The van der Waals surface area contributed by atoms with E-state index in [4.69, 9.17) is 0 Å². The topological polar surface area (TPSA) is 84.3 Å². The van der Waals surface area contributed by atoms with Crippen molar-refractivity contribution in [1.82, 2.24) is 9.55 Å². The molecule has 2 aromatic heterocycles. The number of nitrogens with zero attached hydrogens (tertiary/aromatic N) is 3. The maximum absolute atomic E-state index is 14.0. The highest BCUT2D eigenvalue weighted by Gasteiger charge is 2.34. The molecule has 7 nitrogen and oxygen atoms in total. The number of aromatic nitrogens is 2. The summed E-state index contributed by atoms with van der Waals surface area (Å²) in [5.74, 6) is -0.431. The zero-order chi connectivity index (χ0) is 21.6. The lowest BCUT2D eigenvalue weighted by Crippen LogP contribution is -2.28. The molecule has 1 atom stereocenters. The van der Waals surface area contributed by atoms with E-state index in [1.165, 1.54) is 35.7 Å². The minimum atomic E-state index is -3.76. The molecule has 0 radical (unpaired) electrons. The number of carbonyl (C=O) groups excluding carboxylic acids is 1. The Morgan fingerprint density at radius 2 is 1.94 bits per heavy atom. The number of halogens is 1. The van der Waals surface area contributed by atoms with Crippen LogP contribution in [0.25, 0.3) is 10.9 Å². The molecule has 0 saturated carbocycles. The molecule has 3 heterocycles. The fourth-order valence-electron chi connectivity index (χ4n) is 3.85. The summed E-state index contributed by atoms with van der Waals surface area (Å²) in [6.07, 6.45) is 3.83. The second kappa shape index (κ2) is 7.47. The molecular weight excluding hydrogens is 439 g/mol. The minimum absolute atomic E-state index is 0.0847. The molecule has 2 aromatic carbocycles. The number of benzene rings is 2. The van der Waals surface area contributed by atoms with Crippen LogP contribution in [0.3, 0.4) is 0 Å². The van der Waals surface area contributed by atoms with Crippen molar-refractivity contribution in [1.29, 1.82) is 0 Å². The number of hydrogen-bond donors (Lipinski definition) is 1. The van der Waals surface area contributed by atoms with Crippen molar-refractivity contribution in [2.45, 2.75) is 17.4 Å². The zero-order valence-corrected chi connectivity index (χ0v) is 17.7. The van der Waals surface area contributed by atoms with Gasteiger partial charge in [-0.2, -0.15) is 0 Å². The van der Waals surface area contributed by atoms with Crippen molar-refractivity contribution in [3.63, 3.8) is 0 Å². The van der Waals surface area contributed by atoms with Gasteiger partial charge in [0.25, 0.3) is 10.0 Å². The summed E-state index contributed by atoms with van der Waals surface area (Å²) in [6, 6.07) is 12.2. The first-order valence-corrected chi connectivity index (χ1v) is 11.9. The average Bonchev–Trinajstić information content (AvgIpc) is 3.48. The number of fused-ring (bicyclic) bond motifs is 1. The lowest BCUT2D eigenvalue weighted by Gasteiger charge is -2.18. The number of rotatable bonds is 5. The van der Waals surface area contributed by atoms with Crippen LogP contribution in [0.5, 0.6) is 0 Å². The van der Waals surface area contributed by atoms with Crippen molar-refractivity contribution in [3.8, 4) is 0 Å². The molecule has 5 rings (SSSR count). The Labute approximate surface area is 181 Å². The quantitative estimate of drug-likeness (QED) is 0.492. The molecule has 0 aliphatic carbocycles. The molecular formula is C21H17FN4O3S2. The van der Waals surface area contributed by atoms with Gasteiger partial charge in [0.1, 0.15) is 11.9 Å². The number of carbonyl (C=O) groups is 1. The van der Waals surface area contributed by atoms with E-state index in [1.807, 2.05) is 0 Å². The van der Waals surface area contributed by atoms with Crippen molar-refractivity contribution >= 4 is 49.0 Å². The van der Waals surface area contributed by atoms with Gasteiger partial charge in [0.05, 0.1) is 10.4 Å². The smallest absolute Gasteiger partial charge is 0.263 e. The van der Waals surface area contributed by atoms with E-state index in [9.17, 15) is 17.6 Å². The summed E-state index contributed by atoms with van der Waals surface area (Å²) < 4.78 is 43.2. The van der Waals surface area contributed by atoms with Crippen molar-refractivity contribution in [3.05, 3.63) is 72.1 Å². The van der Waals surface area contributed by atoms with Gasteiger partial charge in [0, 0.05) is 35.4 Å². The van der Waals surface area contributed by atoms with Crippen LogP contribution in [0.1, 0.15) is 12.5 Å². The summed E-state index contributed by atoms with van der Waals surface area (Å²) in [5.41, 5.74) is 1.29. The lowest BCUT2D eigenvalue weighted by molar-refractivity contribution is -0.119. The predicted octanol–water partition coefficient (Wildman–Crippen LogP) is 4.02. The van der Waals surface area contributed by atoms with Crippen molar-refractivity contribution in [2.24, 2.45) is 0 Å². The molecule has 1 saturated heterocycles. The van der Waals surface area contributed by atoms with Gasteiger partial charge in [-0.05, 0) is 48.9 Å². The van der Waals surface area contributed by atoms with Crippen molar-refractivity contribution < 1.29 is 17.6 Å². The number of amides is 1. The second-order valence-corrected chi connectivity index (χ2v) is 9.70. The van der Waals surface area contributed by atoms with Gasteiger partial charge in [-0.15, -0.1) is 11.3 Å². The van der Waals surface area contributed by atoms with Crippen LogP contribution in [0, 0.1) is 5.82 Å². The minimum Gasteiger partial charge on any atom is -0.335 e. The van der Waals surface area contributed by atoms with Crippen LogP contribution in [0.2, 0.25) is 0 Å².